The molecule has 2 saturated heterocycles. The lowest BCUT2D eigenvalue weighted by atomic mass is 10.2. The van der Waals surface area contributed by atoms with Crippen molar-refractivity contribution in [2.75, 3.05) is 50.7 Å². The molecule has 0 unspecified atom stereocenters. The summed E-state index contributed by atoms with van der Waals surface area (Å²) in [5.74, 6) is 0.754. The van der Waals surface area contributed by atoms with Gasteiger partial charge in [-0.05, 0) is 25.5 Å². The average molecular weight is 317 g/mol. The normalized spacial score (nSPS) is 20.4. The molecule has 2 fully saturated rings. The van der Waals surface area contributed by atoms with Gasteiger partial charge in [-0.3, -0.25) is 4.79 Å². The number of carbonyl (C=O) groups excluding carboxylic acids is 1. The van der Waals surface area contributed by atoms with Crippen LogP contribution >= 0.6 is 0 Å². The number of hydrogen-bond acceptors (Lipinski definition) is 5. The van der Waals surface area contributed by atoms with Crippen molar-refractivity contribution in [3.63, 3.8) is 0 Å². The number of anilines is 1. The Morgan fingerprint density at radius 3 is 2.39 bits per heavy atom. The van der Waals surface area contributed by atoms with E-state index in [0.717, 1.165) is 45.8 Å². The zero-order valence-electron chi connectivity index (χ0n) is 14.1. The first kappa shape index (κ1) is 16.2. The van der Waals surface area contributed by atoms with Crippen LogP contribution in [0.15, 0.2) is 12.3 Å². The number of likely N-dealkylation sites (N-methyl/N-ethyl adjacent to an activating group) is 1. The van der Waals surface area contributed by atoms with Crippen LogP contribution in [0.2, 0.25) is 0 Å². The predicted octanol–water partition coefficient (Wildman–Crippen LogP) is 1.63. The van der Waals surface area contributed by atoms with Gasteiger partial charge in [-0.2, -0.15) is 0 Å². The van der Waals surface area contributed by atoms with Gasteiger partial charge in [0, 0.05) is 45.5 Å². The molecule has 0 spiro atoms. The number of nitrogens with zero attached hydrogens (tertiary/aromatic N) is 5. The van der Waals surface area contributed by atoms with E-state index in [2.05, 4.69) is 26.7 Å². The summed E-state index contributed by atoms with van der Waals surface area (Å²) in [4.78, 5) is 28.2. The van der Waals surface area contributed by atoms with Crippen molar-refractivity contribution in [3.8, 4) is 0 Å². The van der Waals surface area contributed by atoms with Crippen LogP contribution < -0.4 is 4.90 Å². The molecular formula is C17H27N5O. The fraction of sp³-hybridized carbons (Fsp3) is 0.706. The first-order valence-electron chi connectivity index (χ1n) is 8.87. The maximum Gasteiger partial charge on any atom is 0.272 e. The molecule has 0 bridgehead atoms. The Balaban J connectivity index is 1.68. The maximum atomic E-state index is 12.7. The molecule has 0 aliphatic carbocycles. The van der Waals surface area contributed by atoms with Crippen molar-refractivity contribution in [2.24, 2.45) is 0 Å². The first-order chi connectivity index (χ1) is 11.3. The van der Waals surface area contributed by atoms with E-state index in [-0.39, 0.29) is 5.91 Å². The second-order valence-corrected chi connectivity index (χ2v) is 6.37. The average Bonchev–Trinajstić information content (AvgIpc) is 2.91. The Bertz CT molecular complexity index is 519. The van der Waals surface area contributed by atoms with Crippen LogP contribution in [0.1, 0.15) is 43.1 Å². The molecule has 2 aliphatic rings. The van der Waals surface area contributed by atoms with Gasteiger partial charge in [0.05, 0.1) is 0 Å². The monoisotopic (exact) mass is 317 g/mol. The molecule has 23 heavy (non-hydrogen) atoms. The van der Waals surface area contributed by atoms with Crippen LogP contribution in [0.25, 0.3) is 0 Å². The largest absolute Gasteiger partial charge is 0.341 e. The van der Waals surface area contributed by atoms with Crippen LogP contribution in [0.5, 0.6) is 0 Å². The maximum absolute atomic E-state index is 12.7. The minimum Gasteiger partial charge on any atom is -0.341 e. The van der Waals surface area contributed by atoms with E-state index >= 15 is 0 Å². The van der Waals surface area contributed by atoms with E-state index in [4.69, 9.17) is 0 Å². The van der Waals surface area contributed by atoms with Gasteiger partial charge in [-0.15, -0.1) is 0 Å². The van der Waals surface area contributed by atoms with Crippen molar-refractivity contribution in [3.05, 3.63) is 18.0 Å². The quantitative estimate of drug-likeness (QED) is 0.848. The fourth-order valence-corrected chi connectivity index (χ4v) is 3.32. The highest BCUT2D eigenvalue weighted by atomic mass is 16.2. The number of hydrogen-bond donors (Lipinski definition) is 0. The molecule has 6 nitrogen and oxygen atoms in total. The number of rotatable bonds is 3. The van der Waals surface area contributed by atoms with Crippen molar-refractivity contribution in [1.82, 2.24) is 19.8 Å². The second kappa shape index (κ2) is 7.73. The molecule has 0 radical (unpaired) electrons. The highest BCUT2D eigenvalue weighted by Crippen LogP contribution is 2.16. The topological polar surface area (TPSA) is 52.6 Å². The number of aromatic nitrogens is 2. The van der Waals surface area contributed by atoms with Crippen molar-refractivity contribution < 1.29 is 4.79 Å². The Morgan fingerprint density at radius 2 is 1.74 bits per heavy atom. The lowest BCUT2D eigenvalue weighted by Gasteiger charge is -2.33. The number of amides is 1. The molecule has 1 aromatic rings. The third-order valence-corrected chi connectivity index (χ3v) is 4.86. The zero-order chi connectivity index (χ0) is 16.1. The summed E-state index contributed by atoms with van der Waals surface area (Å²) in [6.45, 7) is 8.67. The van der Waals surface area contributed by atoms with Crippen LogP contribution in [-0.4, -0.2) is 71.5 Å². The zero-order valence-corrected chi connectivity index (χ0v) is 14.1. The molecule has 0 atom stereocenters. The SMILES string of the molecule is CCN1CCN(C(=O)c2ccnc(N3CCCCCC3)n2)CC1. The minimum atomic E-state index is 0.0409. The van der Waals surface area contributed by atoms with Crippen molar-refractivity contribution in [1.29, 1.82) is 0 Å². The van der Waals surface area contributed by atoms with Gasteiger partial charge in [0.1, 0.15) is 5.69 Å². The molecule has 1 amide bonds. The second-order valence-electron chi connectivity index (χ2n) is 6.37. The summed E-state index contributed by atoms with van der Waals surface area (Å²) < 4.78 is 0. The lowest BCUT2D eigenvalue weighted by molar-refractivity contribution is 0.0637. The van der Waals surface area contributed by atoms with Crippen LogP contribution in [0, 0.1) is 0 Å². The van der Waals surface area contributed by atoms with E-state index in [9.17, 15) is 4.79 Å². The third-order valence-electron chi connectivity index (χ3n) is 4.86. The highest BCUT2D eigenvalue weighted by Gasteiger charge is 2.23. The minimum absolute atomic E-state index is 0.0409. The predicted molar refractivity (Wildman–Crippen MR) is 90.7 cm³/mol. The van der Waals surface area contributed by atoms with Crippen LogP contribution in [0.4, 0.5) is 5.95 Å². The lowest BCUT2D eigenvalue weighted by Crippen LogP contribution is -2.48. The summed E-state index contributed by atoms with van der Waals surface area (Å²) in [6, 6.07) is 1.75. The first-order valence-corrected chi connectivity index (χ1v) is 8.87. The summed E-state index contributed by atoms with van der Waals surface area (Å²) in [5, 5.41) is 0. The van der Waals surface area contributed by atoms with Crippen LogP contribution in [-0.2, 0) is 0 Å². The van der Waals surface area contributed by atoms with Gasteiger partial charge in [0.15, 0.2) is 0 Å². The molecule has 0 saturated carbocycles. The van der Waals surface area contributed by atoms with Crippen molar-refractivity contribution in [2.45, 2.75) is 32.6 Å². The fourth-order valence-electron chi connectivity index (χ4n) is 3.32. The number of carbonyl (C=O) groups is 1. The van der Waals surface area contributed by atoms with Crippen molar-refractivity contribution >= 4 is 11.9 Å². The standard InChI is InChI=1S/C17H27N5O/c1-2-20-11-13-21(14-12-20)16(23)15-7-8-18-17(19-15)22-9-5-3-4-6-10-22/h7-8H,2-6,9-14H2,1H3. The molecule has 2 aliphatic heterocycles. The highest BCUT2D eigenvalue weighted by molar-refractivity contribution is 5.92. The van der Waals surface area contributed by atoms with Crippen LogP contribution in [0.3, 0.4) is 0 Å². The summed E-state index contributed by atoms with van der Waals surface area (Å²) in [7, 11) is 0. The molecule has 0 aromatic carbocycles. The molecule has 0 N–H and O–H groups in total. The van der Waals surface area contributed by atoms with Gasteiger partial charge in [0.25, 0.3) is 5.91 Å². The third kappa shape index (κ3) is 3.99. The van der Waals surface area contributed by atoms with E-state index < -0.39 is 0 Å². The Labute approximate surface area is 138 Å². The van der Waals surface area contributed by atoms with E-state index in [1.807, 2.05) is 4.90 Å². The van der Waals surface area contributed by atoms with Gasteiger partial charge in [-0.1, -0.05) is 19.8 Å². The van der Waals surface area contributed by atoms with E-state index in [1.54, 1.807) is 12.3 Å². The molecule has 1 aromatic heterocycles. The molecule has 3 heterocycles. The van der Waals surface area contributed by atoms with Gasteiger partial charge >= 0.3 is 0 Å². The summed E-state index contributed by atoms with van der Waals surface area (Å²) >= 11 is 0. The Hall–Kier alpha value is -1.69. The number of piperazine rings is 1. The molecule has 3 rings (SSSR count). The molecule has 6 heteroatoms. The van der Waals surface area contributed by atoms with E-state index in [0.29, 0.717) is 11.6 Å². The van der Waals surface area contributed by atoms with Gasteiger partial charge in [-0.25, -0.2) is 9.97 Å². The Morgan fingerprint density at radius 1 is 1.04 bits per heavy atom. The summed E-state index contributed by atoms with van der Waals surface area (Å²) in [5.41, 5.74) is 0.532. The van der Waals surface area contributed by atoms with E-state index in [1.165, 1.54) is 25.7 Å². The smallest absolute Gasteiger partial charge is 0.272 e. The summed E-state index contributed by atoms with van der Waals surface area (Å²) in [6.07, 6.45) is 6.64. The molecular weight excluding hydrogens is 290 g/mol. The van der Waals surface area contributed by atoms with Gasteiger partial charge < -0.3 is 14.7 Å². The molecule has 126 valence electrons. The Kier molecular flexibility index (Phi) is 5.43. The van der Waals surface area contributed by atoms with Gasteiger partial charge in [0.2, 0.25) is 5.95 Å².